The van der Waals surface area contributed by atoms with Gasteiger partial charge in [0, 0.05) is 23.2 Å². The Bertz CT molecular complexity index is 547. The number of rotatable bonds is 0. The van der Waals surface area contributed by atoms with Crippen molar-refractivity contribution in [3.05, 3.63) is 48.9 Å². The van der Waals surface area contributed by atoms with Crippen LogP contribution in [0.3, 0.4) is 0 Å². The van der Waals surface area contributed by atoms with Crippen LogP contribution >= 0.6 is 0 Å². The highest BCUT2D eigenvalue weighted by molar-refractivity contribution is 6.05. The summed E-state index contributed by atoms with van der Waals surface area (Å²) < 4.78 is 0. The van der Waals surface area contributed by atoms with Crippen LogP contribution in [0.25, 0.3) is 21.7 Å². The summed E-state index contributed by atoms with van der Waals surface area (Å²) in [5, 5.41) is 3.47. The quantitative estimate of drug-likeness (QED) is 0.496. The van der Waals surface area contributed by atoms with Crippen LogP contribution in [0.4, 0.5) is 0 Å². The van der Waals surface area contributed by atoms with Gasteiger partial charge in [-0.2, -0.15) is 0 Å². The molecule has 0 aliphatic heterocycles. The SMILES string of the molecule is [c]1ccc2c(ccc3ccncc32)n1. The molecule has 65 valence electrons. The maximum absolute atomic E-state index is 4.18. The summed E-state index contributed by atoms with van der Waals surface area (Å²) in [7, 11) is 0. The number of fused-ring (bicyclic) bond motifs is 3. The van der Waals surface area contributed by atoms with E-state index in [2.05, 4.69) is 22.2 Å². The first kappa shape index (κ1) is 7.44. The molecule has 3 rings (SSSR count). The molecule has 0 saturated heterocycles. The maximum Gasteiger partial charge on any atom is 0.0894 e. The van der Waals surface area contributed by atoms with Gasteiger partial charge in [0.1, 0.15) is 0 Å². The number of nitrogens with zero attached hydrogens (tertiary/aromatic N) is 2. The van der Waals surface area contributed by atoms with Gasteiger partial charge in [0.2, 0.25) is 0 Å². The van der Waals surface area contributed by atoms with Gasteiger partial charge in [0.25, 0.3) is 0 Å². The van der Waals surface area contributed by atoms with E-state index in [9.17, 15) is 0 Å². The van der Waals surface area contributed by atoms with Gasteiger partial charge in [-0.05, 0) is 29.7 Å². The summed E-state index contributed by atoms with van der Waals surface area (Å²) in [6, 6.07) is 9.92. The Morgan fingerprint density at radius 3 is 3.00 bits per heavy atom. The molecule has 0 atom stereocenters. The molecule has 0 amide bonds. The molecule has 2 heterocycles. The minimum atomic E-state index is 0.966. The van der Waals surface area contributed by atoms with E-state index in [4.69, 9.17) is 0 Å². The van der Waals surface area contributed by atoms with Crippen molar-refractivity contribution >= 4 is 21.7 Å². The van der Waals surface area contributed by atoms with Gasteiger partial charge in [-0.15, -0.1) is 0 Å². The van der Waals surface area contributed by atoms with Gasteiger partial charge in [0.05, 0.1) is 11.7 Å². The predicted octanol–water partition coefficient (Wildman–Crippen LogP) is 2.58. The van der Waals surface area contributed by atoms with E-state index in [0.717, 1.165) is 16.3 Å². The molecular weight excluding hydrogens is 172 g/mol. The zero-order chi connectivity index (χ0) is 9.38. The number of hydrogen-bond acceptors (Lipinski definition) is 2. The third kappa shape index (κ3) is 0.973. The number of aromatic nitrogens is 2. The van der Waals surface area contributed by atoms with Crippen LogP contribution in [0.5, 0.6) is 0 Å². The van der Waals surface area contributed by atoms with Crippen LogP contribution in [0.15, 0.2) is 42.7 Å². The van der Waals surface area contributed by atoms with Gasteiger partial charge >= 0.3 is 0 Å². The van der Waals surface area contributed by atoms with E-state index in [-0.39, 0.29) is 0 Å². The molecule has 0 bridgehead atoms. The highest BCUT2D eigenvalue weighted by Gasteiger charge is 1.99. The topological polar surface area (TPSA) is 25.8 Å². The van der Waals surface area contributed by atoms with Crippen molar-refractivity contribution in [2.45, 2.75) is 0 Å². The van der Waals surface area contributed by atoms with Crippen LogP contribution in [-0.2, 0) is 0 Å². The van der Waals surface area contributed by atoms with E-state index < -0.39 is 0 Å². The molecule has 14 heavy (non-hydrogen) atoms. The first-order chi connectivity index (χ1) is 6.95. The van der Waals surface area contributed by atoms with Crippen molar-refractivity contribution in [1.82, 2.24) is 9.97 Å². The van der Waals surface area contributed by atoms with Crippen LogP contribution in [0, 0.1) is 6.20 Å². The fourth-order valence-electron chi connectivity index (χ4n) is 1.67. The van der Waals surface area contributed by atoms with E-state index in [1.807, 2.05) is 30.5 Å². The lowest BCUT2D eigenvalue weighted by atomic mass is 10.1. The van der Waals surface area contributed by atoms with E-state index in [1.165, 1.54) is 5.39 Å². The van der Waals surface area contributed by atoms with Crippen molar-refractivity contribution in [2.75, 3.05) is 0 Å². The predicted molar refractivity (Wildman–Crippen MR) is 55.9 cm³/mol. The molecule has 1 aromatic carbocycles. The van der Waals surface area contributed by atoms with Gasteiger partial charge < -0.3 is 0 Å². The van der Waals surface area contributed by atoms with Crippen LogP contribution in [-0.4, -0.2) is 9.97 Å². The van der Waals surface area contributed by atoms with Crippen LogP contribution in [0.1, 0.15) is 0 Å². The summed E-state index contributed by atoms with van der Waals surface area (Å²) in [5.74, 6) is 0. The lowest BCUT2D eigenvalue weighted by Crippen LogP contribution is -1.81. The summed E-state index contributed by atoms with van der Waals surface area (Å²) in [6.45, 7) is 0. The third-order valence-electron chi connectivity index (χ3n) is 2.35. The molecule has 0 unspecified atom stereocenters. The van der Waals surface area contributed by atoms with E-state index >= 15 is 0 Å². The average molecular weight is 179 g/mol. The number of hydrogen-bond donors (Lipinski definition) is 0. The molecule has 0 fully saturated rings. The average Bonchev–Trinajstić information content (AvgIpc) is 2.29. The summed E-state index contributed by atoms with van der Waals surface area (Å²) in [6.07, 6.45) is 6.51. The van der Waals surface area contributed by atoms with Gasteiger partial charge in [-0.1, -0.05) is 6.07 Å². The van der Waals surface area contributed by atoms with Crippen LogP contribution in [0.2, 0.25) is 0 Å². The Balaban J connectivity index is 2.61. The molecule has 2 heteroatoms. The second kappa shape index (κ2) is 2.77. The van der Waals surface area contributed by atoms with Crippen molar-refractivity contribution in [1.29, 1.82) is 0 Å². The van der Waals surface area contributed by atoms with Gasteiger partial charge in [-0.3, -0.25) is 4.98 Å². The molecule has 0 spiro atoms. The Hall–Kier alpha value is -1.96. The summed E-state index contributed by atoms with van der Waals surface area (Å²) >= 11 is 0. The van der Waals surface area contributed by atoms with Crippen molar-refractivity contribution in [3.63, 3.8) is 0 Å². The van der Waals surface area contributed by atoms with E-state index in [0.29, 0.717) is 0 Å². The summed E-state index contributed by atoms with van der Waals surface area (Å²) in [5.41, 5.74) is 0.966. The molecule has 1 radical (unpaired) electrons. The standard InChI is InChI=1S/C12H7N2/c1-2-10-11-8-13-7-5-9(11)3-4-12(10)14-6-1/h1-5,7-8H. The Morgan fingerprint density at radius 1 is 1.00 bits per heavy atom. The lowest BCUT2D eigenvalue weighted by Gasteiger charge is -2.00. The first-order valence-electron chi connectivity index (χ1n) is 4.45. The smallest absolute Gasteiger partial charge is 0.0894 e. The van der Waals surface area contributed by atoms with Crippen LogP contribution < -0.4 is 0 Å². The molecule has 0 aliphatic rings. The molecular formula is C12H7N2. The van der Waals surface area contributed by atoms with E-state index in [1.54, 1.807) is 6.20 Å². The molecule has 0 aliphatic carbocycles. The normalized spacial score (nSPS) is 10.9. The second-order valence-corrected chi connectivity index (χ2v) is 3.17. The molecule has 3 aromatic rings. The monoisotopic (exact) mass is 179 g/mol. The molecule has 2 nitrogen and oxygen atoms in total. The highest BCUT2D eigenvalue weighted by atomic mass is 14.6. The maximum atomic E-state index is 4.18. The fraction of sp³-hybridized carbons (Fsp3) is 0. The molecule has 0 N–H and O–H groups in total. The number of benzene rings is 1. The number of pyridine rings is 2. The largest absolute Gasteiger partial charge is 0.264 e. The van der Waals surface area contributed by atoms with Gasteiger partial charge in [-0.25, -0.2) is 4.98 Å². The van der Waals surface area contributed by atoms with Gasteiger partial charge in [0.15, 0.2) is 0 Å². The first-order valence-corrected chi connectivity index (χ1v) is 4.45. The van der Waals surface area contributed by atoms with Crippen molar-refractivity contribution < 1.29 is 0 Å². The Morgan fingerprint density at radius 2 is 2.00 bits per heavy atom. The second-order valence-electron chi connectivity index (χ2n) is 3.17. The Kier molecular flexibility index (Phi) is 1.47. The van der Waals surface area contributed by atoms with Crippen molar-refractivity contribution in [2.24, 2.45) is 0 Å². The molecule has 0 saturated carbocycles. The minimum absolute atomic E-state index is 0.966. The highest BCUT2D eigenvalue weighted by Crippen LogP contribution is 2.22. The van der Waals surface area contributed by atoms with Crippen molar-refractivity contribution in [3.8, 4) is 0 Å². The zero-order valence-corrected chi connectivity index (χ0v) is 7.44. The zero-order valence-electron chi connectivity index (χ0n) is 7.44. The summed E-state index contributed by atoms with van der Waals surface area (Å²) in [4.78, 5) is 8.30. The fourth-order valence-corrected chi connectivity index (χ4v) is 1.67. The third-order valence-corrected chi connectivity index (χ3v) is 2.35. The Labute approximate surface area is 81.2 Å². The molecule has 2 aromatic heterocycles. The lowest BCUT2D eigenvalue weighted by molar-refractivity contribution is 1.36. The minimum Gasteiger partial charge on any atom is -0.264 e.